The molecule has 0 spiro atoms. The predicted molar refractivity (Wildman–Crippen MR) is 69.9 cm³/mol. The van der Waals surface area contributed by atoms with Crippen molar-refractivity contribution < 1.29 is 13.2 Å². The maximum atomic E-state index is 12.5. The summed E-state index contributed by atoms with van der Waals surface area (Å²) in [6, 6.07) is 5.55. The Labute approximate surface area is 120 Å². The van der Waals surface area contributed by atoms with Gasteiger partial charge in [0, 0.05) is 18.1 Å². The highest BCUT2D eigenvalue weighted by Gasteiger charge is 2.38. The highest BCUT2D eigenvalue weighted by Crippen LogP contribution is 2.29. The fraction of sp³-hybridized carbons (Fsp3) is 0.182. The molecule has 3 rings (SSSR count). The van der Waals surface area contributed by atoms with Crippen molar-refractivity contribution in [3.8, 4) is 0 Å². The average molecular weight is 314 g/mol. The van der Waals surface area contributed by atoms with Crippen molar-refractivity contribution in [2.45, 2.75) is 17.1 Å². The lowest BCUT2D eigenvalue weighted by atomic mass is 10.5. The van der Waals surface area contributed by atoms with Gasteiger partial charge in [0.25, 0.3) is 5.82 Å². The minimum Gasteiger partial charge on any atom is -0.335 e. The number of aromatic nitrogens is 5. The number of thioether (sulfide) groups is 1. The van der Waals surface area contributed by atoms with Gasteiger partial charge in [0.15, 0.2) is 0 Å². The molecule has 0 bridgehead atoms. The Morgan fingerprint density at radius 1 is 1.24 bits per heavy atom. The summed E-state index contributed by atoms with van der Waals surface area (Å²) in [7, 11) is 0. The molecule has 6 nitrogen and oxygen atoms in total. The number of nitrogens with two attached hydrogens (primary N) is 1. The number of nitrogens with zero attached hydrogens (tertiary/aromatic N) is 5. The Morgan fingerprint density at radius 3 is 2.71 bits per heavy atom. The summed E-state index contributed by atoms with van der Waals surface area (Å²) in [5, 5.41) is 6.49. The van der Waals surface area contributed by atoms with Crippen LogP contribution in [0.4, 0.5) is 13.2 Å². The van der Waals surface area contributed by atoms with Crippen molar-refractivity contribution in [3.63, 3.8) is 0 Å². The van der Waals surface area contributed by atoms with Gasteiger partial charge in [-0.3, -0.25) is 0 Å². The lowest BCUT2D eigenvalue weighted by Gasteiger charge is -2.05. The van der Waals surface area contributed by atoms with E-state index in [4.69, 9.17) is 5.84 Å². The molecule has 0 aromatic carbocycles. The molecule has 0 aliphatic rings. The lowest BCUT2D eigenvalue weighted by molar-refractivity contribution is -0.146. The fourth-order valence-corrected chi connectivity index (χ4v) is 2.50. The normalized spacial score (nSPS) is 12.1. The fourth-order valence-electron chi connectivity index (χ4n) is 1.76. The Morgan fingerprint density at radius 2 is 2.05 bits per heavy atom. The van der Waals surface area contributed by atoms with Crippen LogP contribution < -0.4 is 5.84 Å². The van der Waals surface area contributed by atoms with Crippen molar-refractivity contribution in [3.05, 3.63) is 42.1 Å². The van der Waals surface area contributed by atoms with Crippen LogP contribution in [-0.2, 0) is 11.9 Å². The second-order valence-corrected chi connectivity index (χ2v) is 5.10. The molecule has 0 fully saturated rings. The van der Waals surface area contributed by atoms with E-state index < -0.39 is 12.0 Å². The highest BCUT2D eigenvalue weighted by atomic mass is 32.2. The van der Waals surface area contributed by atoms with Crippen molar-refractivity contribution in [2.24, 2.45) is 0 Å². The maximum Gasteiger partial charge on any atom is 0.453 e. The first-order valence-electron chi connectivity index (χ1n) is 5.78. The van der Waals surface area contributed by atoms with Gasteiger partial charge in [0.2, 0.25) is 5.16 Å². The molecule has 21 heavy (non-hydrogen) atoms. The van der Waals surface area contributed by atoms with Crippen LogP contribution in [0.3, 0.4) is 0 Å². The summed E-state index contributed by atoms with van der Waals surface area (Å²) in [5.74, 6) is 4.47. The molecule has 0 aliphatic carbocycles. The van der Waals surface area contributed by atoms with Gasteiger partial charge >= 0.3 is 6.18 Å². The SMILES string of the molecule is Nn1c(SCc2cn3ccccc3n2)nnc1C(F)(F)F. The summed E-state index contributed by atoms with van der Waals surface area (Å²) >= 11 is 1.04. The molecular weight excluding hydrogens is 305 g/mol. The smallest absolute Gasteiger partial charge is 0.335 e. The van der Waals surface area contributed by atoms with E-state index in [-0.39, 0.29) is 5.16 Å². The number of pyridine rings is 1. The van der Waals surface area contributed by atoms with E-state index in [1.165, 1.54) is 0 Å². The van der Waals surface area contributed by atoms with Crippen LogP contribution in [0.1, 0.15) is 11.5 Å². The number of hydrogen-bond donors (Lipinski definition) is 1. The van der Waals surface area contributed by atoms with Crippen LogP contribution >= 0.6 is 11.8 Å². The molecule has 0 aliphatic heterocycles. The van der Waals surface area contributed by atoms with Gasteiger partial charge < -0.3 is 10.2 Å². The monoisotopic (exact) mass is 314 g/mol. The third kappa shape index (κ3) is 2.66. The first-order valence-corrected chi connectivity index (χ1v) is 6.77. The number of rotatable bonds is 3. The van der Waals surface area contributed by atoms with Gasteiger partial charge in [-0.15, -0.1) is 10.2 Å². The van der Waals surface area contributed by atoms with Crippen molar-refractivity contribution >= 4 is 17.4 Å². The van der Waals surface area contributed by atoms with Crippen LogP contribution in [0.25, 0.3) is 5.65 Å². The van der Waals surface area contributed by atoms with E-state index in [1.807, 2.05) is 28.8 Å². The van der Waals surface area contributed by atoms with Gasteiger partial charge in [0.1, 0.15) is 5.65 Å². The third-order valence-corrected chi connectivity index (χ3v) is 3.66. The minimum absolute atomic E-state index is 0.0145. The first kappa shape index (κ1) is 13.7. The van der Waals surface area contributed by atoms with Crippen LogP contribution in [0.15, 0.2) is 35.7 Å². The molecule has 3 aromatic heterocycles. The number of halogens is 3. The summed E-state index contributed by atoms with van der Waals surface area (Å²) < 4.78 is 39.9. The second-order valence-electron chi connectivity index (χ2n) is 4.16. The van der Waals surface area contributed by atoms with Crippen LogP contribution in [0.5, 0.6) is 0 Å². The van der Waals surface area contributed by atoms with Crippen molar-refractivity contribution in [1.29, 1.82) is 0 Å². The third-order valence-electron chi connectivity index (χ3n) is 2.68. The predicted octanol–water partition coefficient (Wildman–Crippen LogP) is 1.95. The van der Waals surface area contributed by atoms with Crippen molar-refractivity contribution in [2.75, 3.05) is 5.84 Å². The molecule has 3 heterocycles. The standard InChI is InChI=1S/C11H9F3N6S/c12-11(13,14)9-17-18-10(20(9)15)21-6-7-5-19-4-2-1-3-8(19)16-7/h1-5H,6,15H2. The summed E-state index contributed by atoms with van der Waals surface area (Å²) in [6.07, 6.45) is -0.989. The first-order chi connectivity index (χ1) is 9.95. The Bertz CT molecular complexity index is 745. The highest BCUT2D eigenvalue weighted by molar-refractivity contribution is 7.98. The number of alkyl halides is 3. The lowest BCUT2D eigenvalue weighted by Crippen LogP contribution is -2.21. The zero-order valence-corrected chi connectivity index (χ0v) is 11.3. The summed E-state index contributed by atoms with van der Waals surface area (Å²) in [4.78, 5) is 4.33. The second kappa shape index (κ2) is 4.95. The number of fused-ring (bicyclic) bond motifs is 1. The Balaban J connectivity index is 1.77. The van der Waals surface area contributed by atoms with Gasteiger partial charge in [0.05, 0.1) is 5.69 Å². The number of imidazole rings is 1. The van der Waals surface area contributed by atoms with E-state index in [1.54, 1.807) is 6.20 Å². The van der Waals surface area contributed by atoms with Gasteiger partial charge in [-0.1, -0.05) is 17.8 Å². The molecule has 0 unspecified atom stereocenters. The molecule has 2 N–H and O–H groups in total. The molecule has 0 radical (unpaired) electrons. The zero-order valence-electron chi connectivity index (χ0n) is 10.4. The maximum absolute atomic E-state index is 12.5. The van der Waals surface area contributed by atoms with E-state index >= 15 is 0 Å². The van der Waals surface area contributed by atoms with E-state index in [0.717, 1.165) is 17.4 Å². The van der Waals surface area contributed by atoms with E-state index in [9.17, 15) is 13.2 Å². The largest absolute Gasteiger partial charge is 0.453 e. The number of nitrogen functional groups attached to an aromatic ring is 1. The molecule has 3 aromatic rings. The zero-order chi connectivity index (χ0) is 15.0. The molecule has 0 saturated heterocycles. The van der Waals surface area contributed by atoms with E-state index in [0.29, 0.717) is 16.1 Å². The Hall–Kier alpha value is -2.23. The molecule has 110 valence electrons. The van der Waals surface area contributed by atoms with Crippen LogP contribution in [0, 0.1) is 0 Å². The van der Waals surface area contributed by atoms with E-state index in [2.05, 4.69) is 15.2 Å². The topological polar surface area (TPSA) is 74.0 Å². The van der Waals surface area contributed by atoms with Crippen LogP contribution in [0.2, 0.25) is 0 Å². The summed E-state index contributed by atoms with van der Waals surface area (Å²) in [6.45, 7) is 0. The van der Waals surface area contributed by atoms with Gasteiger partial charge in [-0.05, 0) is 12.1 Å². The van der Waals surface area contributed by atoms with Gasteiger partial charge in [-0.25, -0.2) is 9.66 Å². The summed E-state index contributed by atoms with van der Waals surface area (Å²) in [5.41, 5.74) is 1.47. The number of hydrogen-bond acceptors (Lipinski definition) is 5. The molecule has 0 amide bonds. The van der Waals surface area contributed by atoms with Crippen molar-refractivity contribution in [1.82, 2.24) is 24.3 Å². The molecule has 10 heteroatoms. The quantitative estimate of drug-likeness (QED) is 0.591. The van der Waals surface area contributed by atoms with Crippen LogP contribution in [-0.4, -0.2) is 24.3 Å². The average Bonchev–Trinajstić information content (AvgIpc) is 2.98. The minimum atomic E-state index is -4.62. The molecule has 0 saturated carbocycles. The Kier molecular flexibility index (Phi) is 3.24. The van der Waals surface area contributed by atoms with Gasteiger partial charge in [-0.2, -0.15) is 13.2 Å². The molecule has 0 atom stereocenters. The molecular formula is C11H9F3N6S.